The lowest BCUT2D eigenvalue weighted by molar-refractivity contribution is 0.555. The number of fused-ring (bicyclic) bond motifs is 5. The molecule has 2 nitrogen and oxygen atoms in total. The minimum absolute atomic E-state index is 0.121. The molecule has 3 aliphatic heterocycles. The maximum Gasteiger partial charge on any atom is 0.171 e. The molecule has 1 saturated heterocycles. The zero-order valence-electron chi connectivity index (χ0n) is 7.45. The van der Waals surface area contributed by atoms with Crippen LogP contribution in [0.15, 0.2) is 22.6 Å². The summed E-state index contributed by atoms with van der Waals surface area (Å²) in [5, 5.41) is 0. The quantitative estimate of drug-likeness (QED) is 0.503. The molecule has 1 fully saturated rings. The van der Waals surface area contributed by atoms with Crippen LogP contribution in [0.2, 0.25) is 0 Å². The monoisotopic (exact) mass is 336 g/mol. The van der Waals surface area contributed by atoms with E-state index in [4.69, 9.17) is 46.4 Å². The predicted octanol–water partition coefficient (Wildman–Crippen LogP) is 2.58. The van der Waals surface area contributed by atoms with Gasteiger partial charge in [-0.3, -0.25) is 8.42 Å². The van der Waals surface area contributed by atoms with Crippen molar-refractivity contribution in [3.8, 4) is 0 Å². The topological polar surface area (TPSA) is 34.1 Å². The maximum atomic E-state index is 12.2. The summed E-state index contributed by atoms with van der Waals surface area (Å²) < 4.78 is 20.3. The van der Waals surface area contributed by atoms with E-state index in [2.05, 4.69) is 0 Å². The van der Waals surface area contributed by atoms with E-state index in [9.17, 15) is 8.42 Å². The Morgan fingerprint density at radius 2 is 1.81 bits per heavy atom. The third kappa shape index (κ3) is 0.962. The molecule has 3 aliphatic rings. The molecule has 0 spiro atoms. The fourth-order valence-corrected chi connectivity index (χ4v) is 8.96. The molecule has 0 radical (unpaired) electrons. The van der Waals surface area contributed by atoms with Crippen LogP contribution in [0.5, 0.6) is 0 Å². The molecular formula is C8H4Cl4O2S2. The fourth-order valence-electron chi connectivity index (χ4n) is 2.29. The Hall–Kier alpha value is 0.940. The van der Waals surface area contributed by atoms with E-state index in [1.54, 1.807) is 6.08 Å². The van der Waals surface area contributed by atoms with Gasteiger partial charge in [0.15, 0.2) is 8.41 Å². The average molecular weight is 338 g/mol. The highest BCUT2D eigenvalue weighted by Crippen LogP contribution is 2.69. The van der Waals surface area contributed by atoms with Gasteiger partial charge in [-0.2, -0.15) is 0 Å². The van der Waals surface area contributed by atoms with Gasteiger partial charge < -0.3 is 0 Å². The normalized spacial score (nSPS) is 62.5. The molecule has 0 N–H and O–H groups in total. The van der Waals surface area contributed by atoms with Gasteiger partial charge in [0.1, 0.15) is 8.57 Å². The fraction of sp³-hybridized carbons (Fsp3) is 0.500. The predicted molar refractivity (Wildman–Crippen MR) is 68.6 cm³/mol. The summed E-state index contributed by atoms with van der Waals surface area (Å²) >= 11 is 24.7. The lowest BCUT2D eigenvalue weighted by Gasteiger charge is -2.32. The van der Waals surface area contributed by atoms with Gasteiger partial charge in [-0.1, -0.05) is 52.5 Å². The van der Waals surface area contributed by atoms with Crippen molar-refractivity contribution in [2.45, 2.75) is 12.6 Å². The van der Waals surface area contributed by atoms with Gasteiger partial charge in [0.25, 0.3) is 0 Å². The van der Waals surface area contributed by atoms with Crippen molar-refractivity contribution in [1.82, 2.24) is 0 Å². The van der Waals surface area contributed by atoms with Crippen LogP contribution in [0.3, 0.4) is 0 Å². The highest BCUT2D eigenvalue weighted by atomic mass is 35.5. The summed E-state index contributed by atoms with van der Waals surface area (Å²) in [4.78, 5) is 0. The number of alkyl halides is 3. The van der Waals surface area contributed by atoms with E-state index in [0.717, 1.165) is 0 Å². The molecule has 2 unspecified atom stereocenters. The average Bonchev–Trinajstić information content (AvgIpc) is 2.66. The second-order valence-electron chi connectivity index (χ2n) is 3.81. The highest BCUT2D eigenvalue weighted by molar-refractivity contribution is 7.98. The molecule has 3 heterocycles. The minimum Gasteiger partial charge on any atom is -0.255 e. The third-order valence-electron chi connectivity index (χ3n) is 3.11. The number of allylic oxidation sites excluding steroid dienone is 1. The summed E-state index contributed by atoms with van der Waals surface area (Å²) in [6.45, 7) is 0. The van der Waals surface area contributed by atoms with Crippen molar-refractivity contribution in [2.24, 2.45) is 5.92 Å². The van der Waals surface area contributed by atoms with E-state index in [0.29, 0.717) is 0 Å². The summed E-state index contributed by atoms with van der Waals surface area (Å²) in [6.07, 6.45) is 4.54. The van der Waals surface area contributed by atoms with Crippen molar-refractivity contribution < 1.29 is 8.42 Å². The van der Waals surface area contributed by atoms with Gasteiger partial charge in [-0.25, -0.2) is 0 Å². The van der Waals surface area contributed by atoms with Crippen LogP contribution >= 0.6 is 46.4 Å². The summed E-state index contributed by atoms with van der Waals surface area (Å²) in [6, 6.07) is 0. The zero-order chi connectivity index (χ0) is 11.9. The van der Waals surface area contributed by atoms with Crippen LogP contribution in [0.25, 0.3) is 0 Å². The van der Waals surface area contributed by atoms with Crippen LogP contribution in [0.1, 0.15) is 0 Å². The molecular weight excluding hydrogens is 334 g/mol. The van der Waals surface area contributed by atoms with Crippen molar-refractivity contribution in [1.29, 1.82) is 0 Å². The van der Waals surface area contributed by atoms with Crippen LogP contribution in [0.4, 0.5) is 0 Å². The zero-order valence-corrected chi connectivity index (χ0v) is 12.1. The van der Waals surface area contributed by atoms with Gasteiger partial charge in [-0.05, 0) is 12.2 Å². The van der Waals surface area contributed by atoms with Gasteiger partial charge in [0.2, 0.25) is 0 Å². The first kappa shape index (κ1) is 12.0. The molecule has 2 bridgehead atoms. The molecule has 6 atom stereocenters. The van der Waals surface area contributed by atoms with Crippen LogP contribution in [-0.4, -0.2) is 21.0 Å². The largest absolute Gasteiger partial charge is 0.255 e. The molecule has 0 saturated carbocycles. The molecule has 0 aromatic carbocycles. The van der Waals surface area contributed by atoms with Gasteiger partial charge in [-0.15, -0.1) is 0 Å². The number of halogens is 4. The number of hydrogen-bond donors (Lipinski definition) is 0. The van der Waals surface area contributed by atoms with E-state index in [1.165, 1.54) is 12.2 Å². The van der Waals surface area contributed by atoms with Gasteiger partial charge >= 0.3 is 0 Å². The SMILES string of the molecule is O=S1[C@@]2(Cl)C=C[C@]1(Cl)[C@@]1(Cl)[C@@H]2C=C(Cl)S1=O. The number of rotatable bonds is 0. The molecule has 0 amide bonds. The molecule has 16 heavy (non-hydrogen) atoms. The molecule has 0 aromatic heterocycles. The smallest absolute Gasteiger partial charge is 0.171 e. The lowest BCUT2D eigenvalue weighted by atomic mass is 9.93. The molecule has 88 valence electrons. The van der Waals surface area contributed by atoms with Crippen molar-refractivity contribution in [3.63, 3.8) is 0 Å². The van der Waals surface area contributed by atoms with Crippen molar-refractivity contribution in [2.75, 3.05) is 0 Å². The van der Waals surface area contributed by atoms with E-state index < -0.39 is 40.1 Å². The summed E-state index contributed by atoms with van der Waals surface area (Å²) in [5.41, 5.74) is 0. The van der Waals surface area contributed by atoms with E-state index >= 15 is 0 Å². The molecule has 0 aliphatic carbocycles. The third-order valence-corrected chi connectivity index (χ3v) is 10.3. The minimum atomic E-state index is -1.69. The Kier molecular flexibility index (Phi) is 2.32. The van der Waals surface area contributed by atoms with E-state index in [-0.39, 0.29) is 4.36 Å². The maximum absolute atomic E-state index is 12.2. The Morgan fingerprint density at radius 3 is 2.38 bits per heavy atom. The van der Waals surface area contributed by atoms with Crippen LogP contribution in [-0.2, 0) is 21.6 Å². The Labute approximate surface area is 117 Å². The first-order valence-electron chi connectivity index (χ1n) is 4.27. The summed E-state index contributed by atoms with van der Waals surface area (Å²) in [7, 11) is -3.32. The van der Waals surface area contributed by atoms with Crippen molar-refractivity contribution >= 4 is 68.0 Å². The highest BCUT2D eigenvalue weighted by Gasteiger charge is 2.79. The molecule has 3 rings (SSSR count). The lowest BCUT2D eigenvalue weighted by Crippen LogP contribution is -2.47. The molecule has 8 heteroatoms. The molecule has 0 aromatic rings. The Morgan fingerprint density at radius 1 is 1.19 bits per heavy atom. The van der Waals surface area contributed by atoms with Crippen LogP contribution < -0.4 is 0 Å². The number of hydrogen-bond acceptors (Lipinski definition) is 2. The second-order valence-corrected chi connectivity index (χ2v) is 10.4. The second kappa shape index (κ2) is 3.09. The summed E-state index contributed by atoms with van der Waals surface area (Å²) in [5.74, 6) is -0.583. The first-order valence-corrected chi connectivity index (χ1v) is 8.08. The standard InChI is InChI=1S/C8H4Cl4O2S2/c9-5-3-4-6(10)1-2-7(11,16(6)14)8(4,12)15(5)13/h1-4H/t4-,6+,7-,8-,15?,16?/m1/s1. The Bertz CT molecular complexity index is 518. The first-order chi connectivity index (χ1) is 7.28. The van der Waals surface area contributed by atoms with Gasteiger partial charge in [0.05, 0.1) is 21.6 Å². The van der Waals surface area contributed by atoms with Gasteiger partial charge in [0, 0.05) is 5.92 Å². The van der Waals surface area contributed by atoms with Crippen molar-refractivity contribution in [3.05, 3.63) is 22.6 Å². The van der Waals surface area contributed by atoms with Crippen LogP contribution in [0, 0.1) is 5.92 Å². The van der Waals surface area contributed by atoms with E-state index in [1.807, 2.05) is 0 Å². The Balaban J connectivity index is 2.33.